The first kappa shape index (κ1) is 22.3. The van der Waals surface area contributed by atoms with Gasteiger partial charge in [-0.15, -0.1) is 11.3 Å². The lowest BCUT2D eigenvalue weighted by atomic mass is 10.0. The molecule has 8 nitrogen and oxygen atoms in total. The third-order valence-electron chi connectivity index (χ3n) is 5.29. The first-order valence-electron chi connectivity index (χ1n) is 9.91. The molecule has 0 radical (unpaired) electrons. The minimum Gasteiger partial charge on any atom is -0.380 e. The Kier molecular flexibility index (Phi) is 6.52. The quantitative estimate of drug-likeness (QED) is 0.554. The van der Waals surface area contributed by atoms with Crippen LogP contribution in [0.2, 0.25) is 4.34 Å². The second kappa shape index (κ2) is 9.33. The van der Waals surface area contributed by atoms with Crippen LogP contribution in [0.3, 0.4) is 0 Å². The van der Waals surface area contributed by atoms with E-state index in [0.29, 0.717) is 17.4 Å². The molecule has 166 valence electrons. The van der Waals surface area contributed by atoms with Gasteiger partial charge >= 0.3 is 0 Å². The Bertz CT molecular complexity index is 1180. The van der Waals surface area contributed by atoms with Gasteiger partial charge in [0.2, 0.25) is 5.91 Å². The van der Waals surface area contributed by atoms with Gasteiger partial charge < -0.3 is 14.5 Å². The Morgan fingerprint density at radius 1 is 1.34 bits per heavy atom. The van der Waals surface area contributed by atoms with Crippen molar-refractivity contribution in [2.75, 3.05) is 26.8 Å². The van der Waals surface area contributed by atoms with Crippen molar-refractivity contribution in [2.24, 2.45) is 5.73 Å². The standard InChI is InChI=1S/C22H22ClN5O3S/c1-31-13-22(24)21(30)27(12-15-2-3-16-11-25-14-26-18(16)10-15)8-9-28(22)20(29)7-5-17-4-6-19(23)32-17/h2-7,10-11,14H,8-9,12-13,24H2,1H3/t22-/m0/s1. The summed E-state index contributed by atoms with van der Waals surface area (Å²) in [5.41, 5.74) is 6.60. The maximum absolute atomic E-state index is 13.4. The molecule has 3 aromatic rings. The number of aromatic nitrogens is 2. The van der Waals surface area contributed by atoms with Crippen LogP contribution < -0.4 is 5.73 Å². The van der Waals surface area contributed by atoms with E-state index >= 15 is 0 Å². The van der Waals surface area contributed by atoms with E-state index in [-0.39, 0.29) is 25.0 Å². The van der Waals surface area contributed by atoms with Gasteiger partial charge in [0.25, 0.3) is 5.91 Å². The van der Waals surface area contributed by atoms with E-state index in [9.17, 15) is 9.59 Å². The minimum atomic E-state index is -1.60. The molecule has 0 saturated carbocycles. The van der Waals surface area contributed by atoms with Gasteiger partial charge in [-0.1, -0.05) is 23.7 Å². The van der Waals surface area contributed by atoms with Gasteiger partial charge in [-0.2, -0.15) is 0 Å². The lowest BCUT2D eigenvalue weighted by Crippen LogP contribution is -2.73. The molecule has 0 bridgehead atoms. The lowest BCUT2D eigenvalue weighted by molar-refractivity contribution is -0.163. The number of hydrogen-bond acceptors (Lipinski definition) is 7. The minimum absolute atomic E-state index is 0.113. The van der Waals surface area contributed by atoms with Crippen LogP contribution in [0.25, 0.3) is 17.0 Å². The van der Waals surface area contributed by atoms with E-state index in [0.717, 1.165) is 21.3 Å². The molecule has 2 amide bonds. The van der Waals surface area contributed by atoms with Crippen LogP contribution in [0.15, 0.2) is 48.9 Å². The molecule has 1 aromatic carbocycles. The molecule has 4 rings (SSSR count). The zero-order valence-electron chi connectivity index (χ0n) is 17.4. The first-order chi connectivity index (χ1) is 15.4. The highest BCUT2D eigenvalue weighted by molar-refractivity contribution is 7.17. The summed E-state index contributed by atoms with van der Waals surface area (Å²) in [6.07, 6.45) is 6.30. The van der Waals surface area contributed by atoms with E-state index < -0.39 is 5.66 Å². The fourth-order valence-corrected chi connectivity index (χ4v) is 4.69. The van der Waals surface area contributed by atoms with Crippen LogP contribution in [0.5, 0.6) is 0 Å². The maximum Gasteiger partial charge on any atom is 0.266 e. The second-order valence-electron chi connectivity index (χ2n) is 7.46. The molecule has 1 saturated heterocycles. The van der Waals surface area contributed by atoms with Crippen molar-refractivity contribution >= 4 is 51.7 Å². The monoisotopic (exact) mass is 471 g/mol. The molecule has 0 aliphatic carbocycles. The molecule has 1 fully saturated rings. The number of nitrogens with zero attached hydrogens (tertiary/aromatic N) is 4. The van der Waals surface area contributed by atoms with Crippen LogP contribution in [0.4, 0.5) is 0 Å². The van der Waals surface area contributed by atoms with Crippen molar-refractivity contribution in [3.63, 3.8) is 0 Å². The average molecular weight is 472 g/mol. The normalized spacial score (nSPS) is 19.3. The fourth-order valence-electron chi connectivity index (χ4n) is 3.73. The summed E-state index contributed by atoms with van der Waals surface area (Å²) < 4.78 is 5.87. The van der Waals surface area contributed by atoms with E-state index in [1.807, 2.05) is 24.3 Å². The summed E-state index contributed by atoms with van der Waals surface area (Å²) in [4.78, 5) is 38.4. The van der Waals surface area contributed by atoms with Crippen molar-refractivity contribution < 1.29 is 14.3 Å². The number of methoxy groups -OCH3 is 1. The van der Waals surface area contributed by atoms with Crippen molar-refractivity contribution in [1.82, 2.24) is 19.8 Å². The molecular formula is C22H22ClN5O3S. The number of amides is 2. The molecule has 1 atom stereocenters. The Balaban J connectivity index is 1.53. The molecule has 0 spiro atoms. The molecule has 0 unspecified atom stereocenters. The Morgan fingerprint density at radius 3 is 2.94 bits per heavy atom. The largest absolute Gasteiger partial charge is 0.380 e. The summed E-state index contributed by atoms with van der Waals surface area (Å²) in [5.74, 6) is -0.723. The van der Waals surface area contributed by atoms with Gasteiger partial charge in [0.15, 0.2) is 5.66 Å². The SMILES string of the molecule is COC[C@@]1(N)C(=O)N(Cc2ccc3cncnc3c2)CCN1C(=O)C=Cc1ccc(Cl)s1. The number of ether oxygens (including phenoxy) is 1. The second-order valence-corrected chi connectivity index (χ2v) is 9.21. The number of benzene rings is 1. The summed E-state index contributed by atoms with van der Waals surface area (Å²) in [6.45, 7) is 0.883. The Labute approximate surface area is 194 Å². The van der Waals surface area contributed by atoms with Crippen molar-refractivity contribution in [3.05, 3.63) is 63.7 Å². The topological polar surface area (TPSA) is 102 Å². The number of halogens is 1. The highest BCUT2D eigenvalue weighted by atomic mass is 35.5. The van der Waals surface area contributed by atoms with Crippen LogP contribution in [-0.4, -0.2) is 64.1 Å². The number of fused-ring (bicyclic) bond motifs is 1. The Hall–Kier alpha value is -2.85. The number of carbonyl (C=O) groups excluding carboxylic acids is 2. The lowest BCUT2D eigenvalue weighted by Gasteiger charge is -2.46. The van der Waals surface area contributed by atoms with Crippen LogP contribution in [0.1, 0.15) is 10.4 Å². The predicted octanol–water partition coefficient (Wildman–Crippen LogP) is 2.53. The molecule has 2 aromatic heterocycles. The number of rotatable bonds is 6. The summed E-state index contributed by atoms with van der Waals surface area (Å²) in [6, 6.07) is 9.35. The smallest absolute Gasteiger partial charge is 0.266 e. The third-order valence-corrected chi connectivity index (χ3v) is 6.49. The van der Waals surface area contributed by atoms with Gasteiger partial charge in [-0.3, -0.25) is 15.3 Å². The summed E-state index contributed by atoms with van der Waals surface area (Å²) >= 11 is 7.30. The summed E-state index contributed by atoms with van der Waals surface area (Å²) in [5, 5.41) is 0.921. The highest BCUT2D eigenvalue weighted by Crippen LogP contribution is 2.25. The number of carbonyl (C=O) groups is 2. The molecule has 10 heteroatoms. The predicted molar refractivity (Wildman–Crippen MR) is 124 cm³/mol. The van der Waals surface area contributed by atoms with Gasteiger partial charge in [0.05, 0.1) is 16.5 Å². The Morgan fingerprint density at radius 2 is 2.19 bits per heavy atom. The van der Waals surface area contributed by atoms with Gasteiger partial charge in [-0.25, -0.2) is 9.97 Å². The van der Waals surface area contributed by atoms with Crippen LogP contribution in [-0.2, 0) is 20.9 Å². The van der Waals surface area contributed by atoms with Crippen molar-refractivity contribution in [3.8, 4) is 0 Å². The molecule has 1 aliphatic rings. The van der Waals surface area contributed by atoms with Gasteiger partial charge in [0, 0.05) is 49.3 Å². The van der Waals surface area contributed by atoms with E-state index in [4.69, 9.17) is 22.1 Å². The average Bonchev–Trinajstić information content (AvgIpc) is 3.21. The molecule has 2 N–H and O–H groups in total. The maximum atomic E-state index is 13.4. The van der Waals surface area contributed by atoms with Crippen molar-refractivity contribution in [2.45, 2.75) is 12.2 Å². The number of thiophene rings is 1. The van der Waals surface area contributed by atoms with Gasteiger partial charge in [0.1, 0.15) is 6.33 Å². The molecular weight excluding hydrogens is 450 g/mol. The summed E-state index contributed by atoms with van der Waals surface area (Å²) in [7, 11) is 1.45. The molecule has 3 heterocycles. The first-order valence-corrected chi connectivity index (χ1v) is 11.1. The molecule has 1 aliphatic heterocycles. The number of piperazine rings is 1. The van der Waals surface area contributed by atoms with Crippen LogP contribution >= 0.6 is 22.9 Å². The molecule has 32 heavy (non-hydrogen) atoms. The highest BCUT2D eigenvalue weighted by Gasteiger charge is 2.48. The van der Waals surface area contributed by atoms with Gasteiger partial charge in [-0.05, 0) is 29.8 Å². The zero-order chi connectivity index (χ0) is 22.7. The number of nitrogens with two attached hydrogens (primary N) is 1. The zero-order valence-corrected chi connectivity index (χ0v) is 19.0. The number of hydrogen-bond donors (Lipinski definition) is 1. The fraction of sp³-hybridized carbons (Fsp3) is 0.273. The van der Waals surface area contributed by atoms with Crippen LogP contribution in [0, 0.1) is 0 Å². The van der Waals surface area contributed by atoms with Crippen molar-refractivity contribution in [1.29, 1.82) is 0 Å². The third kappa shape index (κ3) is 4.51. The van der Waals surface area contributed by atoms with E-state index in [1.165, 1.54) is 35.7 Å². The van der Waals surface area contributed by atoms with E-state index in [2.05, 4.69) is 9.97 Å². The van der Waals surface area contributed by atoms with E-state index in [1.54, 1.807) is 23.2 Å².